The Kier molecular flexibility index (Phi) is 4.25. The maximum absolute atomic E-state index is 2.39. The van der Waals surface area contributed by atoms with E-state index in [0.29, 0.717) is 11.8 Å². The molecule has 2 aliphatic carbocycles. The fourth-order valence-corrected chi connectivity index (χ4v) is 5.36. The molecule has 0 radical (unpaired) electrons. The quantitative estimate of drug-likeness (QED) is 0.324. The summed E-state index contributed by atoms with van der Waals surface area (Å²) in [6.07, 6.45) is 9.12. The summed E-state index contributed by atoms with van der Waals surface area (Å²) >= 11 is 0. The standard InChI is InChI=1S/C31H24/c1-21-9-8-12-24(19-21)30-26-13-4-6-15-28(26)31(29-16-7-5-14-27(29)30)25-18-17-22-10-2-3-11-23(22)20-25/h2-20,26,30H,1H3. The number of hydrogen-bond donors (Lipinski definition) is 0. The Morgan fingerprint density at radius 3 is 2.42 bits per heavy atom. The molecule has 0 aliphatic heterocycles. The lowest BCUT2D eigenvalue weighted by molar-refractivity contribution is 0.648. The summed E-state index contributed by atoms with van der Waals surface area (Å²) in [4.78, 5) is 0. The van der Waals surface area contributed by atoms with Crippen molar-refractivity contribution in [3.05, 3.63) is 149 Å². The lowest BCUT2D eigenvalue weighted by atomic mass is 9.66. The van der Waals surface area contributed by atoms with E-state index in [1.165, 1.54) is 49.7 Å². The topological polar surface area (TPSA) is 0 Å². The minimum absolute atomic E-state index is 0.330. The van der Waals surface area contributed by atoms with Crippen molar-refractivity contribution < 1.29 is 0 Å². The lowest BCUT2D eigenvalue weighted by Gasteiger charge is -2.37. The summed E-state index contributed by atoms with van der Waals surface area (Å²) in [5.74, 6) is 0.666. The molecule has 2 aliphatic rings. The predicted molar refractivity (Wildman–Crippen MR) is 131 cm³/mol. The van der Waals surface area contributed by atoms with Gasteiger partial charge in [-0.25, -0.2) is 0 Å². The summed E-state index contributed by atoms with van der Waals surface area (Å²) in [5, 5.41) is 2.58. The van der Waals surface area contributed by atoms with Crippen LogP contribution in [0.4, 0.5) is 0 Å². The normalized spacial score (nSPS) is 19.4. The molecule has 4 aromatic rings. The second-order valence-corrected chi connectivity index (χ2v) is 8.64. The summed E-state index contributed by atoms with van der Waals surface area (Å²) in [6, 6.07) is 33.5. The summed E-state index contributed by atoms with van der Waals surface area (Å²) in [6.45, 7) is 2.19. The van der Waals surface area contributed by atoms with Gasteiger partial charge in [-0.2, -0.15) is 0 Å². The molecule has 0 amide bonds. The highest BCUT2D eigenvalue weighted by Gasteiger charge is 2.35. The van der Waals surface area contributed by atoms with Gasteiger partial charge in [0.15, 0.2) is 0 Å². The molecule has 0 saturated heterocycles. The van der Waals surface area contributed by atoms with Crippen molar-refractivity contribution >= 4 is 16.3 Å². The van der Waals surface area contributed by atoms with E-state index < -0.39 is 0 Å². The average Bonchev–Trinajstić information content (AvgIpc) is 2.82. The van der Waals surface area contributed by atoms with Gasteiger partial charge in [0.1, 0.15) is 0 Å². The molecule has 0 fully saturated rings. The van der Waals surface area contributed by atoms with Crippen molar-refractivity contribution in [3.8, 4) is 0 Å². The Balaban J connectivity index is 1.63. The fraction of sp³-hybridized carbons (Fsp3) is 0.0968. The molecule has 31 heavy (non-hydrogen) atoms. The van der Waals surface area contributed by atoms with Crippen LogP contribution < -0.4 is 0 Å². The van der Waals surface area contributed by atoms with Crippen LogP contribution in [0.25, 0.3) is 16.3 Å². The van der Waals surface area contributed by atoms with Crippen molar-refractivity contribution in [1.29, 1.82) is 0 Å². The third-order valence-corrected chi connectivity index (χ3v) is 6.72. The van der Waals surface area contributed by atoms with Crippen molar-refractivity contribution in [3.63, 3.8) is 0 Å². The van der Waals surface area contributed by atoms with Crippen LogP contribution in [0.15, 0.2) is 121 Å². The van der Waals surface area contributed by atoms with Gasteiger partial charge in [-0.1, -0.05) is 115 Å². The molecule has 0 N–H and O–H groups in total. The minimum Gasteiger partial charge on any atom is -0.0760 e. The first-order valence-electron chi connectivity index (χ1n) is 11.0. The Hall–Kier alpha value is -3.64. The maximum Gasteiger partial charge on any atom is 0.0199 e. The van der Waals surface area contributed by atoms with Crippen LogP contribution in [0, 0.1) is 12.8 Å². The fourth-order valence-electron chi connectivity index (χ4n) is 5.36. The van der Waals surface area contributed by atoms with Gasteiger partial charge in [-0.05, 0) is 57.2 Å². The Bertz CT molecular complexity index is 1400. The molecule has 0 aromatic heterocycles. The number of rotatable bonds is 2. The highest BCUT2D eigenvalue weighted by molar-refractivity contribution is 5.93. The van der Waals surface area contributed by atoms with Crippen molar-refractivity contribution in [2.75, 3.05) is 0 Å². The van der Waals surface area contributed by atoms with Crippen LogP contribution in [-0.4, -0.2) is 0 Å². The van der Waals surface area contributed by atoms with Gasteiger partial charge in [-0.3, -0.25) is 0 Å². The van der Waals surface area contributed by atoms with E-state index >= 15 is 0 Å². The van der Waals surface area contributed by atoms with Gasteiger partial charge in [0, 0.05) is 11.8 Å². The highest BCUT2D eigenvalue weighted by Crippen LogP contribution is 2.50. The summed E-state index contributed by atoms with van der Waals surface area (Å²) in [5.41, 5.74) is 9.58. The number of aryl methyl sites for hydroxylation is 1. The molecule has 2 atom stereocenters. The lowest BCUT2D eigenvalue weighted by Crippen LogP contribution is -2.22. The van der Waals surface area contributed by atoms with Crippen molar-refractivity contribution in [2.45, 2.75) is 12.8 Å². The molecule has 0 nitrogen and oxygen atoms in total. The SMILES string of the molecule is Cc1cccc(C2c3ccccc3C(c3ccc4ccccc4c3)=C3C=CC=CC32)c1. The van der Waals surface area contributed by atoms with E-state index in [4.69, 9.17) is 0 Å². The third-order valence-electron chi connectivity index (χ3n) is 6.72. The molecular weight excluding hydrogens is 372 g/mol. The van der Waals surface area contributed by atoms with Crippen LogP contribution in [0.2, 0.25) is 0 Å². The number of hydrogen-bond acceptors (Lipinski definition) is 0. The zero-order valence-corrected chi connectivity index (χ0v) is 17.6. The average molecular weight is 397 g/mol. The maximum atomic E-state index is 2.39. The molecule has 6 rings (SSSR count). The first-order chi connectivity index (χ1) is 15.3. The zero-order valence-electron chi connectivity index (χ0n) is 17.6. The second kappa shape index (κ2) is 7.25. The molecule has 0 saturated carbocycles. The number of benzene rings is 4. The number of fused-ring (bicyclic) bond motifs is 3. The van der Waals surface area contributed by atoms with E-state index in [0.717, 1.165) is 0 Å². The van der Waals surface area contributed by atoms with E-state index in [-0.39, 0.29) is 0 Å². The Labute approximate surface area is 183 Å². The van der Waals surface area contributed by atoms with Crippen LogP contribution >= 0.6 is 0 Å². The van der Waals surface area contributed by atoms with E-state index in [1.54, 1.807) is 0 Å². The molecule has 0 heteroatoms. The van der Waals surface area contributed by atoms with E-state index in [1.807, 2.05) is 0 Å². The molecule has 4 aromatic carbocycles. The van der Waals surface area contributed by atoms with Gasteiger partial charge >= 0.3 is 0 Å². The molecule has 0 bridgehead atoms. The highest BCUT2D eigenvalue weighted by atomic mass is 14.4. The molecule has 148 valence electrons. The predicted octanol–water partition coefficient (Wildman–Crippen LogP) is 7.84. The smallest absolute Gasteiger partial charge is 0.0199 e. The molecular formula is C31H24. The van der Waals surface area contributed by atoms with E-state index in [9.17, 15) is 0 Å². The van der Waals surface area contributed by atoms with Crippen molar-refractivity contribution in [1.82, 2.24) is 0 Å². The van der Waals surface area contributed by atoms with Gasteiger partial charge in [0.2, 0.25) is 0 Å². The number of allylic oxidation sites excluding steroid dienone is 5. The van der Waals surface area contributed by atoms with Gasteiger partial charge in [-0.15, -0.1) is 0 Å². The third kappa shape index (κ3) is 2.99. The first kappa shape index (κ1) is 18.2. The monoisotopic (exact) mass is 396 g/mol. The van der Waals surface area contributed by atoms with Crippen LogP contribution in [0.3, 0.4) is 0 Å². The minimum atomic E-state index is 0.330. The van der Waals surface area contributed by atoms with Gasteiger partial charge < -0.3 is 0 Å². The van der Waals surface area contributed by atoms with Crippen LogP contribution in [0.5, 0.6) is 0 Å². The zero-order chi connectivity index (χ0) is 20.8. The molecule has 0 heterocycles. The largest absolute Gasteiger partial charge is 0.0760 e. The van der Waals surface area contributed by atoms with Crippen molar-refractivity contribution in [2.24, 2.45) is 5.92 Å². The Morgan fingerprint density at radius 2 is 1.52 bits per heavy atom. The second-order valence-electron chi connectivity index (χ2n) is 8.64. The molecule has 0 spiro atoms. The Morgan fingerprint density at radius 1 is 0.677 bits per heavy atom. The van der Waals surface area contributed by atoms with Gasteiger partial charge in [0.25, 0.3) is 0 Å². The van der Waals surface area contributed by atoms with Crippen LogP contribution in [0.1, 0.15) is 33.7 Å². The molecule has 2 unspecified atom stereocenters. The van der Waals surface area contributed by atoms with Crippen LogP contribution in [-0.2, 0) is 0 Å². The van der Waals surface area contributed by atoms with E-state index in [2.05, 4.69) is 122 Å². The summed E-state index contributed by atoms with van der Waals surface area (Å²) in [7, 11) is 0. The van der Waals surface area contributed by atoms with Gasteiger partial charge in [0.05, 0.1) is 0 Å². The summed E-state index contributed by atoms with van der Waals surface area (Å²) < 4.78 is 0. The first-order valence-corrected chi connectivity index (χ1v) is 11.0.